The molecule has 0 aliphatic rings. The number of hydrogen-bond donors (Lipinski definition) is 1. The molecule has 0 saturated carbocycles. The van der Waals surface area contributed by atoms with Gasteiger partial charge in [-0.3, -0.25) is 4.79 Å². The summed E-state index contributed by atoms with van der Waals surface area (Å²) in [4.78, 5) is 23.9. The largest absolute Gasteiger partial charge is 0.493 e. The van der Waals surface area contributed by atoms with E-state index >= 15 is 0 Å². The van der Waals surface area contributed by atoms with Gasteiger partial charge in [0.25, 0.3) is 5.91 Å². The van der Waals surface area contributed by atoms with Crippen LogP contribution in [0.1, 0.15) is 11.1 Å². The van der Waals surface area contributed by atoms with Crippen LogP contribution < -0.4 is 24.3 Å². The fourth-order valence-electron chi connectivity index (χ4n) is 2.64. The summed E-state index contributed by atoms with van der Waals surface area (Å²) >= 11 is 0. The van der Waals surface area contributed by atoms with E-state index in [0.29, 0.717) is 23.0 Å². The quantitative estimate of drug-likeness (QED) is 0.471. The van der Waals surface area contributed by atoms with E-state index in [1.54, 1.807) is 49.6 Å². The lowest BCUT2D eigenvalue weighted by Crippen LogP contribution is -2.28. The molecule has 0 aliphatic carbocycles. The molecule has 2 aromatic rings. The molecule has 8 nitrogen and oxygen atoms in total. The Morgan fingerprint density at radius 2 is 1.63 bits per heavy atom. The third-order valence-electron chi connectivity index (χ3n) is 4.13. The van der Waals surface area contributed by atoms with Gasteiger partial charge in [0, 0.05) is 18.2 Å². The molecule has 0 bridgehead atoms. The van der Waals surface area contributed by atoms with Crippen LogP contribution in [0.5, 0.6) is 23.0 Å². The van der Waals surface area contributed by atoms with Gasteiger partial charge in [-0.2, -0.15) is 0 Å². The minimum atomic E-state index is -0.640. The molecule has 30 heavy (non-hydrogen) atoms. The average Bonchev–Trinajstić information content (AvgIpc) is 2.79. The smallest absolute Gasteiger partial charge is 0.331 e. The third-order valence-corrected chi connectivity index (χ3v) is 4.13. The van der Waals surface area contributed by atoms with Gasteiger partial charge in [0.1, 0.15) is 0 Å². The predicted octanol–water partition coefficient (Wildman–Crippen LogP) is 2.59. The molecule has 1 N–H and O–H groups in total. The molecule has 2 aromatic carbocycles. The van der Waals surface area contributed by atoms with E-state index in [0.717, 1.165) is 11.1 Å². The molecule has 0 atom stereocenters. The second-order valence-electron chi connectivity index (χ2n) is 5.98. The zero-order valence-corrected chi connectivity index (χ0v) is 17.4. The summed E-state index contributed by atoms with van der Waals surface area (Å²) in [6.07, 6.45) is 2.79. The van der Waals surface area contributed by atoms with Crippen molar-refractivity contribution >= 4 is 18.0 Å². The number of rotatable bonds is 10. The Kier molecular flexibility index (Phi) is 8.56. The highest BCUT2D eigenvalue weighted by Gasteiger charge is 2.11. The van der Waals surface area contributed by atoms with Gasteiger partial charge in [-0.25, -0.2) is 4.79 Å². The normalized spacial score (nSPS) is 10.4. The van der Waals surface area contributed by atoms with Crippen molar-refractivity contribution in [3.63, 3.8) is 0 Å². The number of nitrogens with one attached hydrogen (secondary N) is 1. The molecule has 0 fully saturated rings. The predicted molar refractivity (Wildman–Crippen MR) is 111 cm³/mol. The van der Waals surface area contributed by atoms with Gasteiger partial charge >= 0.3 is 5.97 Å². The summed E-state index contributed by atoms with van der Waals surface area (Å²) in [5.74, 6) is 1.15. The van der Waals surface area contributed by atoms with Crippen LogP contribution in [0.4, 0.5) is 0 Å². The van der Waals surface area contributed by atoms with Crippen LogP contribution in [0.2, 0.25) is 0 Å². The van der Waals surface area contributed by atoms with Gasteiger partial charge < -0.3 is 29.0 Å². The van der Waals surface area contributed by atoms with Crippen molar-refractivity contribution in [2.45, 2.75) is 6.54 Å². The van der Waals surface area contributed by atoms with E-state index in [2.05, 4.69) is 5.32 Å². The van der Waals surface area contributed by atoms with E-state index in [1.165, 1.54) is 27.4 Å². The molecular formula is C22H25NO7. The van der Waals surface area contributed by atoms with Crippen LogP contribution in [0, 0.1) is 0 Å². The monoisotopic (exact) mass is 415 g/mol. The van der Waals surface area contributed by atoms with Crippen molar-refractivity contribution in [2.75, 3.05) is 35.0 Å². The first-order valence-corrected chi connectivity index (χ1v) is 9.05. The van der Waals surface area contributed by atoms with E-state index in [1.807, 2.05) is 0 Å². The van der Waals surface area contributed by atoms with Gasteiger partial charge in [0.05, 0.1) is 28.4 Å². The number of carbonyl (C=O) groups is 2. The standard InChI is InChI=1S/C22H25NO7/c1-26-17-10-8-15(12-19(17)28-3)9-11-21(25)30-14-20(24)23-13-16-6-5-7-18(27-2)22(16)29-4/h5-12H,13-14H2,1-4H3,(H,23,24). The summed E-state index contributed by atoms with van der Waals surface area (Å²) in [6, 6.07) is 10.6. The first-order chi connectivity index (χ1) is 14.5. The lowest BCUT2D eigenvalue weighted by Gasteiger charge is -2.13. The maximum Gasteiger partial charge on any atom is 0.331 e. The number of carbonyl (C=O) groups excluding carboxylic acids is 2. The maximum absolute atomic E-state index is 12.0. The van der Waals surface area contributed by atoms with Crippen molar-refractivity contribution < 1.29 is 33.3 Å². The first-order valence-electron chi connectivity index (χ1n) is 9.05. The van der Waals surface area contributed by atoms with Crippen molar-refractivity contribution in [3.05, 3.63) is 53.6 Å². The molecule has 0 heterocycles. The average molecular weight is 415 g/mol. The Morgan fingerprint density at radius 3 is 2.30 bits per heavy atom. The number of hydrogen-bond acceptors (Lipinski definition) is 7. The fourth-order valence-corrected chi connectivity index (χ4v) is 2.64. The molecule has 0 saturated heterocycles. The molecule has 2 rings (SSSR count). The molecule has 0 aromatic heterocycles. The molecule has 0 aliphatic heterocycles. The van der Waals surface area contributed by atoms with E-state index in [-0.39, 0.29) is 6.54 Å². The van der Waals surface area contributed by atoms with Gasteiger partial charge in [-0.15, -0.1) is 0 Å². The Bertz CT molecular complexity index is 908. The minimum Gasteiger partial charge on any atom is -0.493 e. The lowest BCUT2D eigenvalue weighted by atomic mass is 10.2. The number of para-hydroxylation sites is 1. The molecule has 0 radical (unpaired) electrons. The van der Waals surface area contributed by atoms with Gasteiger partial charge in [-0.1, -0.05) is 18.2 Å². The zero-order valence-electron chi connectivity index (χ0n) is 17.4. The number of benzene rings is 2. The fraction of sp³-hybridized carbons (Fsp3) is 0.273. The Labute approximate surface area is 175 Å². The summed E-state index contributed by atoms with van der Waals surface area (Å²) in [5.41, 5.74) is 1.46. The zero-order chi connectivity index (χ0) is 21.9. The molecule has 160 valence electrons. The molecule has 0 unspecified atom stereocenters. The van der Waals surface area contributed by atoms with Gasteiger partial charge in [0.2, 0.25) is 0 Å². The van der Waals surface area contributed by atoms with E-state index in [9.17, 15) is 9.59 Å². The minimum absolute atomic E-state index is 0.207. The lowest BCUT2D eigenvalue weighted by molar-refractivity contribution is -0.143. The van der Waals surface area contributed by atoms with Crippen LogP contribution in [-0.2, 0) is 20.9 Å². The highest BCUT2D eigenvalue weighted by molar-refractivity contribution is 5.89. The van der Waals surface area contributed by atoms with Crippen LogP contribution in [0.15, 0.2) is 42.5 Å². The summed E-state index contributed by atoms with van der Waals surface area (Å²) < 4.78 is 25.9. The number of esters is 1. The van der Waals surface area contributed by atoms with Crippen molar-refractivity contribution in [3.8, 4) is 23.0 Å². The second-order valence-corrected chi connectivity index (χ2v) is 5.98. The summed E-state index contributed by atoms with van der Waals surface area (Å²) in [7, 11) is 6.13. The van der Waals surface area contributed by atoms with Crippen molar-refractivity contribution in [1.29, 1.82) is 0 Å². The number of amides is 1. The second kappa shape index (κ2) is 11.4. The summed E-state index contributed by atoms with van der Waals surface area (Å²) in [5, 5.41) is 2.68. The highest BCUT2D eigenvalue weighted by atomic mass is 16.5. The van der Waals surface area contributed by atoms with E-state index < -0.39 is 18.5 Å². The first kappa shape index (κ1) is 22.6. The van der Waals surface area contributed by atoms with Gasteiger partial charge in [0.15, 0.2) is 29.6 Å². The Hall–Kier alpha value is -3.68. The SMILES string of the molecule is COc1ccc(C=CC(=O)OCC(=O)NCc2cccc(OC)c2OC)cc1OC. The highest BCUT2D eigenvalue weighted by Crippen LogP contribution is 2.30. The van der Waals surface area contributed by atoms with Crippen LogP contribution in [0.3, 0.4) is 0 Å². The number of methoxy groups -OCH3 is 4. The Morgan fingerprint density at radius 1 is 0.900 bits per heavy atom. The molecular weight excluding hydrogens is 390 g/mol. The van der Waals surface area contributed by atoms with Crippen molar-refractivity contribution in [1.82, 2.24) is 5.32 Å². The van der Waals surface area contributed by atoms with E-state index in [4.69, 9.17) is 23.7 Å². The molecule has 8 heteroatoms. The summed E-state index contributed by atoms with van der Waals surface area (Å²) in [6.45, 7) is -0.195. The molecule has 1 amide bonds. The maximum atomic E-state index is 12.0. The Balaban J connectivity index is 1.85. The van der Waals surface area contributed by atoms with Crippen molar-refractivity contribution in [2.24, 2.45) is 0 Å². The topological polar surface area (TPSA) is 92.3 Å². The van der Waals surface area contributed by atoms with Crippen LogP contribution >= 0.6 is 0 Å². The van der Waals surface area contributed by atoms with Gasteiger partial charge in [-0.05, 0) is 29.8 Å². The van der Waals surface area contributed by atoms with Crippen LogP contribution in [-0.4, -0.2) is 46.9 Å². The third kappa shape index (κ3) is 6.16. The molecule has 0 spiro atoms. The number of ether oxygens (including phenoxy) is 5. The van der Waals surface area contributed by atoms with Crippen LogP contribution in [0.25, 0.3) is 6.08 Å².